The van der Waals surface area contributed by atoms with Crippen molar-refractivity contribution in [2.24, 2.45) is 0 Å². The van der Waals surface area contributed by atoms with Gasteiger partial charge in [0.05, 0.1) is 13.3 Å². The Morgan fingerprint density at radius 1 is 1.26 bits per heavy atom. The Morgan fingerprint density at radius 2 is 2.00 bits per heavy atom. The standard InChI is InChI=1S/C15H13F2N3O3/c1-15(14(22)23-2,10-7-9(16)3-4-11(10)17)20-13(21)12-8-18-5-6-19-12/h3-8H,1-2H3,(H,20,21)/t15-/m0/s1. The molecule has 2 aromatic rings. The van der Waals surface area contributed by atoms with Gasteiger partial charge in [0.2, 0.25) is 0 Å². The van der Waals surface area contributed by atoms with Gasteiger partial charge in [0.15, 0.2) is 5.54 Å². The average Bonchev–Trinajstić information content (AvgIpc) is 2.56. The highest BCUT2D eigenvalue weighted by Crippen LogP contribution is 2.26. The highest BCUT2D eigenvalue weighted by atomic mass is 19.1. The molecule has 6 nitrogen and oxygen atoms in total. The third-order valence-corrected chi connectivity index (χ3v) is 3.22. The Labute approximate surface area is 130 Å². The van der Waals surface area contributed by atoms with Gasteiger partial charge in [-0.15, -0.1) is 0 Å². The summed E-state index contributed by atoms with van der Waals surface area (Å²) < 4.78 is 32.1. The van der Waals surface area contributed by atoms with E-state index in [1.807, 2.05) is 0 Å². The van der Waals surface area contributed by atoms with Gasteiger partial charge in [-0.1, -0.05) is 0 Å². The second kappa shape index (κ2) is 6.47. The third-order valence-electron chi connectivity index (χ3n) is 3.22. The van der Waals surface area contributed by atoms with E-state index in [2.05, 4.69) is 20.0 Å². The van der Waals surface area contributed by atoms with Crippen molar-refractivity contribution in [2.45, 2.75) is 12.5 Å². The molecule has 1 aromatic heterocycles. The highest BCUT2D eigenvalue weighted by molar-refractivity contribution is 5.96. The predicted molar refractivity (Wildman–Crippen MR) is 75.2 cm³/mol. The molecule has 8 heteroatoms. The number of esters is 1. The zero-order valence-electron chi connectivity index (χ0n) is 12.3. The van der Waals surface area contributed by atoms with Crippen molar-refractivity contribution in [3.8, 4) is 0 Å². The van der Waals surface area contributed by atoms with E-state index in [0.717, 1.165) is 25.3 Å². The first-order chi connectivity index (χ1) is 10.9. The summed E-state index contributed by atoms with van der Waals surface area (Å²) in [6.07, 6.45) is 3.82. The first-order valence-corrected chi connectivity index (χ1v) is 6.51. The van der Waals surface area contributed by atoms with Gasteiger partial charge in [-0.2, -0.15) is 0 Å². The van der Waals surface area contributed by atoms with Crippen molar-refractivity contribution in [1.82, 2.24) is 15.3 Å². The number of aromatic nitrogens is 2. The first kappa shape index (κ1) is 16.5. The van der Waals surface area contributed by atoms with Crippen molar-refractivity contribution in [1.29, 1.82) is 0 Å². The van der Waals surface area contributed by atoms with Gasteiger partial charge in [0.25, 0.3) is 5.91 Å². The fourth-order valence-electron chi connectivity index (χ4n) is 2.02. The van der Waals surface area contributed by atoms with E-state index >= 15 is 0 Å². The van der Waals surface area contributed by atoms with E-state index in [-0.39, 0.29) is 11.3 Å². The van der Waals surface area contributed by atoms with Gasteiger partial charge in [-0.3, -0.25) is 9.78 Å². The largest absolute Gasteiger partial charge is 0.467 e. The summed E-state index contributed by atoms with van der Waals surface area (Å²) in [6, 6.07) is 2.59. The van der Waals surface area contributed by atoms with Gasteiger partial charge in [-0.05, 0) is 25.1 Å². The van der Waals surface area contributed by atoms with Crippen molar-refractivity contribution in [2.75, 3.05) is 7.11 Å². The molecule has 1 N–H and O–H groups in total. The molecule has 0 saturated carbocycles. The van der Waals surface area contributed by atoms with Crippen molar-refractivity contribution in [3.05, 3.63) is 59.7 Å². The second-order valence-electron chi connectivity index (χ2n) is 4.79. The average molecular weight is 321 g/mol. The lowest BCUT2D eigenvalue weighted by Crippen LogP contribution is -2.51. The molecule has 0 spiro atoms. The van der Waals surface area contributed by atoms with E-state index in [9.17, 15) is 18.4 Å². The maximum atomic E-state index is 14.1. The van der Waals surface area contributed by atoms with E-state index in [0.29, 0.717) is 0 Å². The Balaban J connectivity index is 2.46. The lowest BCUT2D eigenvalue weighted by atomic mass is 9.91. The molecule has 23 heavy (non-hydrogen) atoms. The van der Waals surface area contributed by atoms with Crippen LogP contribution in [0.5, 0.6) is 0 Å². The van der Waals surface area contributed by atoms with Crippen LogP contribution < -0.4 is 5.32 Å². The molecule has 0 aliphatic heterocycles. The number of benzene rings is 1. The molecule has 0 fully saturated rings. The fraction of sp³-hybridized carbons (Fsp3) is 0.200. The number of nitrogens with one attached hydrogen (secondary N) is 1. The van der Waals surface area contributed by atoms with Crippen LogP contribution in [0.1, 0.15) is 23.0 Å². The molecule has 0 radical (unpaired) electrons. The molecule has 1 heterocycles. The topological polar surface area (TPSA) is 81.2 Å². The quantitative estimate of drug-likeness (QED) is 0.865. The lowest BCUT2D eigenvalue weighted by molar-refractivity contribution is -0.148. The Bertz CT molecular complexity index is 740. The van der Waals surface area contributed by atoms with Crippen LogP contribution in [0.15, 0.2) is 36.8 Å². The molecule has 1 amide bonds. The van der Waals surface area contributed by atoms with Gasteiger partial charge in [-0.25, -0.2) is 18.6 Å². The summed E-state index contributed by atoms with van der Waals surface area (Å²) in [4.78, 5) is 31.8. The summed E-state index contributed by atoms with van der Waals surface area (Å²) in [6.45, 7) is 1.21. The maximum absolute atomic E-state index is 14.1. The third kappa shape index (κ3) is 3.31. The van der Waals surface area contributed by atoms with E-state index in [1.165, 1.54) is 25.5 Å². The number of carbonyl (C=O) groups excluding carboxylic acids is 2. The minimum atomic E-state index is -1.93. The Hall–Kier alpha value is -2.90. The summed E-state index contributed by atoms with van der Waals surface area (Å²) >= 11 is 0. The lowest BCUT2D eigenvalue weighted by Gasteiger charge is -2.28. The second-order valence-corrected chi connectivity index (χ2v) is 4.79. The molecule has 2 rings (SSSR count). The number of methoxy groups -OCH3 is 1. The Morgan fingerprint density at radius 3 is 2.61 bits per heavy atom. The smallest absolute Gasteiger partial charge is 0.336 e. The number of hydrogen-bond donors (Lipinski definition) is 1. The monoisotopic (exact) mass is 321 g/mol. The van der Waals surface area contributed by atoms with Gasteiger partial charge in [0.1, 0.15) is 17.3 Å². The van der Waals surface area contributed by atoms with E-state index in [1.54, 1.807) is 0 Å². The number of ether oxygens (including phenoxy) is 1. The molecule has 1 aromatic carbocycles. The summed E-state index contributed by atoms with van der Waals surface area (Å²) in [7, 11) is 1.08. The summed E-state index contributed by atoms with van der Waals surface area (Å²) in [5.41, 5.74) is -2.38. The van der Waals surface area contributed by atoms with Crippen LogP contribution in [-0.4, -0.2) is 29.0 Å². The Kier molecular flexibility index (Phi) is 4.63. The number of amides is 1. The van der Waals surface area contributed by atoms with Crippen molar-refractivity contribution < 1.29 is 23.1 Å². The highest BCUT2D eigenvalue weighted by Gasteiger charge is 2.41. The predicted octanol–water partition coefficient (Wildman–Crippen LogP) is 1.57. The molecule has 0 bridgehead atoms. The number of rotatable bonds is 4. The number of nitrogens with zero attached hydrogens (tertiary/aromatic N) is 2. The fourth-order valence-corrected chi connectivity index (χ4v) is 2.02. The molecule has 120 valence electrons. The minimum Gasteiger partial charge on any atom is -0.467 e. The number of halogens is 2. The molecule has 0 aliphatic rings. The van der Waals surface area contributed by atoms with Crippen molar-refractivity contribution >= 4 is 11.9 Å². The van der Waals surface area contributed by atoms with Crippen LogP contribution in [0.3, 0.4) is 0 Å². The molecule has 0 saturated heterocycles. The molecule has 1 atom stereocenters. The molecular weight excluding hydrogens is 308 g/mol. The van der Waals surface area contributed by atoms with Crippen LogP contribution in [0, 0.1) is 11.6 Å². The van der Waals surface area contributed by atoms with Crippen LogP contribution in [0.25, 0.3) is 0 Å². The summed E-state index contributed by atoms with van der Waals surface area (Å²) in [5, 5.41) is 2.32. The van der Waals surface area contributed by atoms with Gasteiger partial charge < -0.3 is 10.1 Å². The molecular formula is C15H13F2N3O3. The van der Waals surface area contributed by atoms with Crippen LogP contribution in [0.4, 0.5) is 8.78 Å². The van der Waals surface area contributed by atoms with Gasteiger partial charge in [0, 0.05) is 18.0 Å². The first-order valence-electron chi connectivity index (χ1n) is 6.51. The zero-order valence-corrected chi connectivity index (χ0v) is 12.3. The van der Waals surface area contributed by atoms with Crippen molar-refractivity contribution in [3.63, 3.8) is 0 Å². The van der Waals surface area contributed by atoms with Gasteiger partial charge >= 0.3 is 5.97 Å². The number of hydrogen-bond acceptors (Lipinski definition) is 5. The van der Waals surface area contributed by atoms with E-state index in [4.69, 9.17) is 0 Å². The summed E-state index contributed by atoms with van der Waals surface area (Å²) in [5.74, 6) is -3.36. The SMILES string of the molecule is COC(=O)[C@@](C)(NC(=O)c1cnccn1)c1cc(F)ccc1F. The van der Waals surface area contributed by atoms with E-state index < -0.39 is 29.0 Å². The zero-order chi connectivity index (χ0) is 17.0. The van der Waals surface area contributed by atoms with Crippen LogP contribution in [0.2, 0.25) is 0 Å². The molecule has 0 unspecified atom stereocenters. The number of carbonyl (C=O) groups is 2. The normalized spacial score (nSPS) is 13.0. The molecule has 0 aliphatic carbocycles. The maximum Gasteiger partial charge on any atom is 0.336 e. The minimum absolute atomic E-state index is 0.0839. The van der Waals surface area contributed by atoms with Crippen LogP contribution >= 0.6 is 0 Å². The van der Waals surface area contributed by atoms with Crippen LogP contribution in [-0.2, 0) is 15.1 Å².